The molecule has 1 unspecified atom stereocenters. The molecule has 4 fully saturated rings. The molecule has 0 radical (unpaired) electrons. The van der Waals surface area contributed by atoms with Gasteiger partial charge in [0.05, 0.1) is 23.1 Å². The lowest BCUT2D eigenvalue weighted by atomic mass is 9.43. The molecule has 2 N–H and O–H groups in total. The molecule has 37 heavy (non-hydrogen) atoms. The summed E-state index contributed by atoms with van der Waals surface area (Å²) in [4.78, 5) is 17.1. The van der Waals surface area contributed by atoms with Crippen LogP contribution in [0, 0.1) is 46.3 Å². The maximum absolute atomic E-state index is 12.5. The Hall–Kier alpha value is -1.43. The molecule has 1 heterocycles. The molecule has 4 aliphatic rings. The predicted octanol–water partition coefficient (Wildman–Crippen LogP) is 6.40. The Bertz CT molecular complexity index is 1230. The lowest BCUT2D eigenvalue weighted by molar-refractivity contribution is -0.174. The first-order valence-corrected chi connectivity index (χ1v) is 14.9. The number of nitrogens with zero attached hydrogens (tertiary/aromatic N) is 1. The standard InChI is InChI=1S/C31H42ClNO4/c1-17(4-9-27-33-25-16-19(32)5-6-21(25)29(36)37-27)22-7-8-23-28-24(11-13-31(22,23)3)30(2)12-10-20(34)14-18(30)15-26(28)35/h5-6,16-18,20,22-24,26,28,34-35H,4,7-15H2,1-3H3/t17-,18+,20-,22-,23+,24?,26-,28+,30+,31-/m1/s1. The molecule has 6 heteroatoms. The number of hydrogen-bond donors (Lipinski definition) is 2. The summed E-state index contributed by atoms with van der Waals surface area (Å²) < 4.78 is 5.57. The second kappa shape index (κ2) is 9.34. The maximum Gasteiger partial charge on any atom is 0.346 e. The Morgan fingerprint density at radius 3 is 2.65 bits per heavy atom. The van der Waals surface area contributed by atoms with Crippen molar-refractivity contribution in [1.29, 1.82) is 0 Å². The van der Waals surface area contributed by atoms with Crippen LogP contribution in [-0.4, -0.2) is 27.4 Å². The number of aliphatic hydroxyl groups excluding tert-OH is 2. The van der Waals surface area contributed by atoms with Gasteiger partial charge in [-0.2, -0.15) is 0 Å². The average molecular weight is 528 g/mol. The van der Waals surface area contributed by atoms with Crippen molar-refractivity contribution in [2.24, 2.45) is 46.3 Å². The van der Waals surface area contributed by atoms with Gasteiger partial charge in [0.2, 0.25) is 0 Å². The molecule has 5 nitrogen and oxygen atoms in total. The molecule has 4 aliphatic carbocycles. The second-order valence-electron chi connectivity index (χ2n) is 13.5. The van der Waals surface area contributed by atoms with E-state index in [2.05, 4.69) is 25.8 Å². The number of aryl methyl sites for hydroxylation is 1. The van der Waals surface area contributed by atoms with Gasteiger partial charge in [0, 0.05) is 11.4 Å². The highest BCUT2D eigenvalue weighted by atomic mass is 35.5. The Kier molecular flexibility index (Phi) is 6.52. The number of fused-ring (bicyclic) bond motifs is 6. The molecule has 1 aromatic heterocycles. The largest absolute Gasteiger partial charge is 0.408 e. The number of aliphatic hydroxyl groups is 2. The molecule has 0 bridgehead atoms. The molecule has 0 amide bonds. The van der Waals surface area contributed by atoms with Crippen LogP contribution >= 0.6 is 11.6 Å². The lowest BCUT2D eigenvalue weighted by Crippen LogP contribution is -2.58. The summed E-state index contributed by atoms with van der Waals surface area (Å²) in [5, 5.41) is 22.8. The molecular formula is C31H42ClNO4. The van der Waals surface area contributed by atoms with E-state index < -0.39 is 0 Å². The van der Waals surface area contributed by atoms with Gasteiger partial charge in [-0.3, -0.25) is 0 Å². The van der Waals surface area contributed by atoms with Crippen LogP contribution in [0.25, 0.3) is 10.9 Å². The van der Waals surface area contributed by atoms with Crippen LogP contribution in [0.2, 0.25) is 5.02 Å². The first-order valence-electron chi connectivity index (χ1n) is 14.6. The number of rotatable bonds is 4. The van der Waals surface area contributed by atoms with Crippen molar-refractivity contribution in [3.8, 4) is 0 Å². The molecule has 6 rings (SSSR count). The molecule has 1 aromatic carbocycles. The predicted molar refractivity (Wildman–Crippen MR) is 145 cm³/mol. The Morgan fingerprint density at radius 2 is 1.84 bits per heavy atom. The van der Waals surface area contributed by atoms with Crippen LogP contribution < -0.4 is 5.63 Å². The number of benzene rings is 1. The Balaban J connectivity index is 1.18. The van der Waals surface area contributed by atoms with Crippen molar-refractivity contribution >= 4 is 22.5 Å². The van der Waals surface area contributed by atoms with Gasteiger partial charge in [-0.15, -0.1) is 0 Å². The van der Waals surface area contributed by atoms with Gasteiger partial charge in [-0.05, 0) is 122 Å². The molecule has 2 aromatic rings. The van der Waals surface area contributed by atoms with Gasteiger partial charge in [0.1, 0.15) is 0 Å². The van der Waals surface area contributed by atoms with Crippen LogP contribution in [0.3, 0.4) is 0 Å². The zero-order valence-corrected chi connectivity index (χ0v) is 23.2. The first kappa shape index (κ1) is 25.8. The zero-order valence-electron chi connectivity index (χ0n) is 22.5. The fourth-order valence-corrected chi connectivity index (χ4v) is 10.1. The van der Waals surface area contributed by atoms with Crippen molar-refractivity contribution in [3.05, 3.63) is 39.5 Å². The monoisotopic (exact) mass is 527 g/mol. The minimum atomic E-state index is -0.344. The highest BCUT2D eigenvalue weighted by Crippen LogP contribution is 2.68. The van der Waals surface area contributed by atoms with Crippen LogP contribution in [-0.2, 0) is 6.42 Å². The number of hydrogen-bond acceptors (Lipinski definition) is 5. The van der Waals surface area contributed by atoms with Gasteiger partial charge < -0.3 is 14.6 Å². The van der Waals surface area contributed by atoms with Crippen LogP contribution in [0.5, 0.6) is 0 Å². The van der Waals surface area contributed by atoms with E-state index in [1.807, 2.05) is 0 Å². The zero-order chi connectivity index (χ0) is 26.1. The molecule has 10 atom stereocenters. The van der Waals surface area contributed by atoms with Gasteiger partial charge >= 0.3 is 5.63 Å². The molecule has 0 saturated heterocycles. The minimum Gasteiger partial charge on any atom is -0.408 e. The van der Waals surface area contributed by atoms with E-state index in [4.69, 9.17) is 16.0 Å². The van der Waals surface area contributed by atoms with Crippen LogP contribution in [0.1, 0.15) is 84.4 Å². The van der Waals surface area contributed by atoms with E-state index in [0.717, 1.165) is 32.1 Å². The highest BCUT2D eigenvalue weighted by molar-refractivity contribution is 6.31. The fraction of sp³-hybridized carbons (Fsp3) is 0.742. The summed E-state index contributed by atoms with van der Waals surface area (Å²) in [6.07, 6.45) is 9.73. The summed E-state index contributed by atoms with van der Waals surface area (Å²) in [6, 6.07) is 5.10. The topological polar surface area (TPSA) is 83.6 Å². The normalized spacial score (nSPS) is 42.2. The number of halogens is 1. The average Bonchev–Trinajstić information content (AvgIpc) is 3.20. The molecule has 0 spiro atoms. The van der Waals surface area contributed by atoms with Crippen molar-refractivity contribution < 1.29 is 14.6 Å². The lowest BCUT2D eigenvalue weighted by Gasteiger charge is -2.62. The third-order valence-electron chi connectivity index (χ3n) is 11.9. The summed E-state index contributed by atoms with van der Waals surface area (Å²) in [5.41, 5.74) is 0.760. The quantitative estimate of drug-likeness (QED) is 0.480. The van der Waals surface area contributed by atoms with E-state index in [1.54, 1.807) is 18.2 Å². The van der Waals surface area contributed by atoms with E-state index >= 15 is 0 Å². The smallest absolute Gasteiger partial charge is 0.346 e. The maximum atomic E-state index is 12.5. The van der Waals surface area contributed by atoms with Gasteiger partial charge in [0.25, 0.3) is 0 Å². The van der Waals surface area contributed by atoms with Crippen molar-refractivity contribution in [2.45, 2.75) is 97.2 Å². The van der Waals surface area contributed by atoms with Gasteiger partial charge in [0.15, 0.2) is 5.89 Å². The summed E-state index contributed by atoms with van der Waals surface area (Å²) in [6.45, 7) is 7.34. The number of aromatic nitrogens is 1. The van der Waals surface area contributed by atoms with Crippen molar-refractivity contribution in [3.63, 3.8) is 0 Å². The van der Waals surface area contributed by atoms with Gasteiger partial charge in [-0.25, -0.2) is 9.78 Å². The third kappa shape index (κ3) is 4.19. The van der Waals surface area contributed by atoms with E-state index in [9.17, 15) is 15.0 Å². The van der Waals surface area contributed by atoms with Crippen LogP contribution in [0.4, 0.5) is 0 Å². The van der Waals surface area contributed by atoms with Gasteiger partial charge in [-0.1, -0.05) is 32.4 Å². The SMILES string of the molecule is C[C@H](CCc1nc2cc(Cl)ccc2c(=O)o1)[C@H]1CC[C@H]2[C@H]3C(CC[C@]12C)[C@@]1(C)CC[C@@H](O)C[C@H]1C[C@H]3O. The van der Waals surface area contributed by atoms with Crippen molar-refractivity contribution in [1.82, 2.24) is 4.98 Å². The Labute approximate surface area is 225 Å². The van der Waals surface area contributed by atoms with E-state index in [1.165, 1.54) is 25.7 Å². The third-order valence-corrected chi connectivity index (χ3v) is 12.1. The molecule has 0 aliphatic heterocycles. The second-order valence-corrected chi connectivity index (χ2v) is 14.0. The minimum absolute atomic E-state index is 0.189. The summed E-state index contributed by atoms with van der Waals surface area (Å²) in [5.74, 6) is 3.56. The Morgan fingerprint density at radius 1 is 1.08 bits per heavy atom. The van der Waals surface area contributed by atoms with Crippen molar-refractivity contribution in [2.75, 3.05) is 0 Å². The summed E-state index contributed by atoms with van der Waals surface area (Å²) in [7, 11) is 0. The molecule has 202 valence electrons. The first-order chi connectivity index (χ1) is 17.6. The van der Waals surface area contributed by atoms with E-state index in [0.29, 0.717) is 63.7 Å². The molecular weight excluding hydrogens is 486 g/mol. The molecule has 4 saturated carbocycles. The fourth-order valence-electron chi connectivity index (χ4n) is 9.92. The summed E-state index contributed by atoms with van der Waals surface area (Å²) >= 11 is 6.13. The van der Waals surface area contributed by atoms with E-state index in [-0.39, 0.29) is 28.7 Å². The highest BCUT2D eigenvalue weighted by Gasteiger charge is 2.62. The van der Waals surface area contributed by atoms with Crippen LogP contribution in [0.15, 0.2) is 27.4 Å².